The van der Waals surface area contributed by atoms with Crippen molar-refractivity contribution in [1.29, 1.82) is 0 Å². The molecule has 0 saturated carbocycles. The van der Waals surface area contributed by atoms with Gasteiger partial charge in [-0.15, -0.1) is 0 Å². The number of aromatic nitrogens is 2. The largest absolute Gasteiger partial charge is 0.342 e. The van der Waals surface area contributed by atoms with Crippen LogP contribution in [0.5, 0.6) is 0 Å². The van der Waals surface area contributed by atoms with E-state index in [2.05, 4.69) is 10.1 Å². The van der Waals surface area contributed by atoms with Crippen LogP contribution in [-0.2, 0) is 4.79 Å². The lowest BCUT2D eigenvalue weighted by Gasteiger charge is -2.32. The lowest BCUT2D eigenvalue weighted by Crippen LogP contribution is -2.40. The first-order chi connectivity index (χ1) is 11.1. The summed E-state index contributed by atoms with van der Waals surface area (Å²) in [5.74, 6) is 0.644. The van der Waals surface area contributed by atoms with Crippen molar-refractivity contribution in [3.63, 3.8) is 0 Å². The number of rotatable bonds is 3. The van der Waals surface area contributed by atoms with Crippen molar-refractivity contribution in [2.45, 2.75) is 38.5 Å². The van der Waals surface area contributed by atoms with Crippen LogP contribution in [0, 0.1) is 12.7 Å². The van der Waals surface area contributed by atoms with Gasteiger partial charge in [0.15, 0.2) is 5.82 Å². The second kappa shape index (κ2) is 6.48. The number of piperidine rings is 1. The molecule has 2 heterocycles. The smallest absolute Gasteiger partial charge is 0.229 e. The highest BCUT2D eigenvalue weighted by Crippen LogP contribution is 2.29. The zero-order valence-corrected chi connectivity index (χ0v) is 13.3. The van der Waals surface area contributed by atoms with Crippen molar-refractivity contribution in [3.8, 4) is 0 Å². The highest BCUT2D eigenvalue weighted by molar-refractivity contribution is 5.83. The Bertz CT molecular complexity index is 693. The van der Waals surface area contributed by atoms with E-state index in [-0.39, 0.29) is 17.6 Å². The minimum atomic E-state index is -0.474. The highest BCUT2D eigenvalue weighted by atomic mass is 19.1. The predicted octanol–water partition coefficient (Wildman–Crippen LogP) is 3.03. The number of nitrogens with zero attached hydrogens (tertiary/aromatic N) is 3. The van der Waals surface area contributed by atoms with Gasteiger partial charge in [0.1, 0.15) is 5.82 Å². The van der Waals surface area contributed by atoms with E-state index in [1.165, 1.54) is 6.07 Å². The molecule has 2 aromatic rings. The molecule has 1 aromatic carbocycles. The lowest BCUT2D eigenvalue weighted by molar-refractivity contribution is -0.133. The first-order valence-corrected chi connectivity index (χ1v) is 7.89. The first-order valence-electron chi connectivity index (χ1n) is 7.89. The summed E-state index contributed by atoms with van der Waals surface area (Å²) in [6.07, 6.45) is 1.58. The van der Waals surface area contributed by atoms with E-state index in [1.54, 1.807) is 36.9 Å². The summed E-state index contributed by atoms with van der Waals surface area (Å²) in [6.45, 7) is 4.81. The molecule has 0 aliphatic carbocycles. The van der Waals surface area contributed by atoms with Gasteiger partial charge in [-0.25, -0.2) is 4.39 Å². The molecule has 6 heteroatoms. The maximum atomic E-state index is 13.9. The van der Waals surface area contributed by atoms with Gasteiger partial charge in [-0.05, 0) is 38.3 Å². The molecule has 1 fully saturated rings. The van der Waals surface area contributed by atoms with E-state index >= 15 is 0 Å². The lowest BCUT2D eigenvalue weighted by atomic mass is 9.94. The normalized spacial score (nSPS) is 17.3. The Kier molecular flexibility index (Phi) is 4.41. The molecule has 23 heavy (non-hydrogen) atoms. The van der Waals surface area contributed by atoms with Crippen molar-refractivity contribution in [2.24, 2.45) is 0 Å². The van der Waals surface area contributed by atoms with E-state index in [1.807, 2.05) is 0 Å². The fraction of sp³-hybridized carbons (Fsp3) is 0.471. The molecule has 0 spiro atoms. The molecule has 1 unspecified atom stereocenters. The zero-order chi connectivity index (χ0) is 16.4. The quantitative estimate of drug-likeness (QED) is 0.873. The predicted molar refractivity (Wildman–Crippen MR) is 82.4 cm³/mol. The van der Waals surface area contributed by atoms with Crippen LogP contribution in [0.1, 0.15) is 48.9 Å². The number of hydrogen-bond donors (Lipinski definition) is 0. The molecule has 1 amide bonds. The molecule has 1 saturated heterocycles. The van der Waals surface area contributed by atoms with Crippen molar-refractivity contribution in [2.75, 3.05) is 13.1 Å². The third-order valence-electron chi connectivity index (χ3n) is 4.44. The Labute approximate surface area is 134 Å². The van der Waals surface area contributed by atoms with E-state index in [0.717, 1.165) is 12.8 Å². The fourth-order valence-corrected chi connectivity index (χ4v) is 3.06. The van der Waals surface area contributed by atoms with Gasteiger partial charge in [0.2, 0.25) is 11.8 Å². The van der Waals surface area contributed by atoms with E-state index in [0.29, 0.717) is 30.4 Å². The average molecular weight is 317 g/mol. The second-order valence-corrected chi connectivity index (χ2v) is 6.02. The summed E-state index contributed by atoms with van der Waals surface area (Å²) in [6, 6.07) is 6.45. The minimum Gasteiger partial charge on any atom is -0.342 e. The maximum absolute atomic E-state index is 13.9. The molecule has 122 valence electrons. The molecule has 0 radical (unpaired) electrons. The molecular weight excluding hydrogens is 297 g/mol. The third-order valence-corrected chi connectivity index (χ3v) is 4.44. The van der Waals surface area contributed by atoms with Gasteiger partial charge in [-0.1, -0.05) is 23.4 Å². The molecule has 5 nitrogen and oxygen atoms in total. The van der Waals surface area contributed by atoms with Gasteiger partial charge in [-0.2, -0.15) is 4.98 Å². The summed E-state index contributed by atoms with van der Waals surface area (Å²) in [5.41, 5.74) is 0.451. The van der Waals surface area contributed by atoms with Crippen molar-refractivity contribution >= 4 is 5.91 Å². The van der Waals surface area contributed by atoms with Gasteiger partial charge >= 0.3 is 0 Å². The van der Waals surface area contributed by atoms with Gasteiger partial charge in [0.05, 0.1) is 5.92 Å². The van der Waals surface area contributed by atoms with Gasteiger partial charge < -0.3 is 9.42 Å². The second-order valence-electron chi connectivity index (χ2n) is 6.02. The van der Waals surface area contributed by atoms with Crippen LogP contribution in [0.2, 0.25) is 0 Å². The van der Waals surface area contributed by atoms with Crippen molar-refractivity contribution in [3.05, 3.63) is 47.4 Å². The average Bonchev–Trinajstić information content (AvgIpc) is 3.01. The Hall–Kier alpha value is -2.24. The zero-order valence-electron chi connectivity index (χ0n) is 13.3. The van der Waals surface area contributed by atoms with Crippen LogP contribution in [-0.4, -0.2) is 34.0 Å². The number of carbonyl (C=O) groups is 1. The highest BCUT2D eigenvalue weighted by Gasteiger charge is 2.30. The summed E-state index contributed by atoms with van der Waals surface area (Å²) in [5, 5.41) is 3.82. The Morgan fingerprint density at radius 2 is 2.04 bits per heavy atom. The van der Waals surface area contributed by atoms with Gasteiger partial charge in [-0.3, -0.25) is 4.79 Å². The Morgan fingerprint density at radius 1 is 1.35 bits per heavy atom. The SMILES string of the molecule is Cc1noc(C2CCN(C(=O)C(C)c3ccccc3F)CC2)n1. The maximum Gasteiger partial charge on any atom is 0.229 e. The van der Waals surface area contributed by atoms with Gasteiger partial charge in [0, 0.05) is 19.0 Å². The van der Waals surface area contributed by atoms with Crippen LogP contribution in [0.25, 0.3) is 0 Å². The monoisotopic (exact) mass is 317 g/mol. The summed E-state index contributed by atoms with van der Waals surface area (Å²) >= 11 is 0. The number of carbonyl (C=O) groups excluding carboxylic acids is 1. The van der Waals surface area contributed by atoms with Crippen LogP contribution < -0.4 is 0 Å². The van der Waals surface area contributed by atoms with Crippen LogP contribution in [0.15, 0.2) is 28.8 Å². The van der Waals surface area contributed by atoms with Crippen LogP contribution in [0.3, 0.4) is 0 Å². The molecule has 1 aliphatic heterocycles. The third kappa shape index (κ3) is 3.25. The molecule has 1 atom stereocenters. The molecule has 3 rings (SSSR count). The number of hydrogen-bond acceptors (Lipinski definition) is 4. The first kappa shape index (κ1) is 15.6. The molecule has 1 aromatic heterocycles. The van der Waals surface area contributed by atoms with Crippen molar-refractivity contribution in [1.82, 2.24) is 15.0 Å². The van der Waals surface area contributed by atoms with Crippen molar-refractivity contribution < 1.29 is 13.7 Å². The number of halogens is 1. The summed E-state index contributed by atoms with van der Waals surface area (Å²) < 4.78 is 19.1. The Balaban J connectivity index is 1.63. The molecular formula is C17H20FN3O2. The van der Waals surface area contributed by atoms with Crippen LogP contribution >= 0.6 is 0 Å². The van der Waals surface area contributed by atoms with Crippen LogP contribution in [0.4, 0.5) is 4.39 Å². The molecule has 1 aliphatic rings. The number of likely N-dealkylation sites (tertiary alicyclic amines) is 1. The number of amides is 1. The van der Waals surface area contributed by atoms with E-state index < -0.39 is 5.92 Å². The summed E-state index contributed by atoms with van der Waals surface area (Å²) in [4.78, 5) is 18.7. The fourth-order valence-electron chi connectivity index (χ4n) is 3.06. The van der Waals surface area contributed by atoms with Gasteiger partial charge in [0.25, 0.3) is 0 Å². The van der Waals surface area contributed by atoms with E-state index in [9.17, 15) is 9.18 Å². The summed E-state index contributed by atoms with van der Waals surface area (Å²) in [7, 11) is 0. The number of benzene rings is 1. The topological polar surface area (TPSA) is 59.2 Å². The van der Waals surface area contributed by atoms with E-state index in [4.69, 9.17) is 4.52 Å². The standard InChI is InChI=1S/C17H20FN3O2/c1-11(14-5-3-4-6-15(14)18)17(22)21-9-7-13(8-10-21)16-19-12(2)20-23-16/h3-6,11,13H,7-10H2,1-2H3. The molecule has 0 bridgehead atoms. The Morgan fingerprint density at radius 3 is 2.65 bits per heavy atom. The number of aryl methyl sites for hydroxylation is 1. The molecule has 0 N–H and O–H groups in total. The minimum absolute atomic E-state index is 0.0322.